The van der Waals surface area contributed by atoms with Crippen LogP contribution < -0.4 is 10.6 Å². The molecule has 22 heavy (non-hydrogen) atoms. The van der Waals surface area contributed by atoms with Crippen molar-refractivity contribution in [1.29, 1.82) is 0 Å². The molecule has 1 unspecified atom stereocenters. The third-order valence-electron chi connectivity index (χ3n) is 4.79. The Balaban J connectivity index is 0.00000176. The van der Waals surface area contributed by atoms with E-state index < -0.39 is 5.41 Å². The van der Waals surface area contributed by atoms with Gasteiger partial charge in [-0.05, 0) is 49.9 Å². The first-order valence-electron chi connectivity index (χ1n) is 7.59. The fourth-order valence-electron chi connectivity index (χ4n) is 3.29. The van der Waals surface area contributed by atoms with Gasteiger partial charge in [0.1, 0.15) is 0 Å². The molecule has 1 atom stereocenters. The van der Waals surface area contributed by atoms with Gasteiger partial charge in [-0.2, -0.15) is 0 Å². The van der Waals surface area contributed by atoms with Crippen LogP contribution in [-0.4, -0.2) is 25.0 Å². The van der Waals surface area contributed by atoms with Gasteiger partial charge in [-0.3, -0.25) is 4.79 Å². The van der Waals surface area contributed by atoms with Gasteiger partial charge in [-0.25, -0.2) is 0 Å². The maximum atomic E-state index is 12.7. The van der Waals surface area contributed by atoms with E-state index in [1.807, 2.05) is 12.1 Å². The van der Waals surface area contributed by atoms with Crippen LogP contribution in [0, 0.1) is 0 Å². The first-order chi connectivity index (χ1) is 10.1. The first-order valence-corrected chi connectivity index (χ1v) is 8.35. The highest BCUT2D eigenvalue weighted by Crippen LogP contribution is 2.45. The van der Waals surface area contributed by atoms with Gasteiger partial charge in [-0.1, -0.05) is 35.7 Å². The van der Waals surface area contributed by atoms with Crippen LogP contribution in [0.4, 0.5) is 0 Å². The summed E-state index contributed by atoms with van der Waals surface area (Å²) in [5.41, 5.74) is 0.576. The normalized spacial score (nSPS) is 22.5. The number of rotatable bonds is 4. The van der Waals surface area contributed by atoms with Crippen molar-refractivity contribution in [2.24, 2.45) is 0 Å². The van der Waals surface area contributed by atoms with Gasteiger partial charge in [0.05, 0.1) is 15.5 Å². The molecule has 1 aliphatic heterocycles. The number of benzene rings is 1. The molecule has 0 radical (unpaired) electrons. The Kier molecular flexibility index (Phi) is 6.00. The van der Waals surface area contributed by atoms with Crippen LogP contribution in [0.1, 0.15) is 37.7 Å². The molecule has 3 nitrogen and oxygen atoms in total. The van der Waals surface area contributed by atoms with Gasteiger partial charge in [0.2, 0.25) is 5.91 Å². The molecule has 122 valence electrons. The average Bonchev–Trinajstić information content (AvgIpc) is 2.92. The highest BCUT2D eigenvalue weighted by Gasteiger charge is 2.45. The molecule has 1 saturated heterocycles. The van der Waals surface area contributed by atoms with Crippen molar-refractivity contribution in [2.45, 2.75) is 43.6 Å². The summed E-state index contributed by atoms with van der Waals surface area (Å²) in [7, 11) is 0. The third kappa shape index (κ3) is 3.38. The molecule has 2 fully saturated rings. The summed E-state index contributed by atoms with van der Waals surface area (Å²) in [6.07, 6.45) is 5.18. The van der Waals surface area contributed by atoms with Crippen LogP contribution in [0.15, 0.2) is 18.2 Å². The standard InChI is InChI=1S/C16H20Cl2N2O.ClH/c17-13-5-4-11(9-14(13)18)16(6-2-7-16)15(21)20-10-12-3-1-8-19-12;/h4-5,9,12,19H,1-3,6-8,10H2,(H,20,21);1H. The van der Waals surface area contributed by atoms with Crippen LogP contribution in [0.2, 0.25) is 10.0 Å². The van der Waals surface area contributed by atoms with E-state index in [-0.39, 0.29) is 18.3 Å². The SMILES string of the molecule is Cl.O=C(NCC1CCCN1)C1(c2ccc(Cl)c(Cl)c2)CCC1. The highest BCUT2D eigenvalue weighted by molar-refractivity contribution is 6.42. The largest absolute Gasteiger partial charge is 0.354 e. The average molecular weight is 364 g/mol. The van der Waals surface area contributed by atoms with E-state index in [0.717, 1.165) is 37.8 Å². The van der Waals surface area contributed by atoms with Crippen LogP contribution in [0.5, 0.6) is 0 Å². The van der Waals surface area contributed by atoms with Crippen molar-refractivity contribution >= 4 is 41.5 Å². The van der Waals surface area contributed by atoms with Gasteiger partial charge in [0, 0.05) is 12.6 Å². The quantitative estimate of drug-likeness (QED) is 0.856. The molecule has 1 aromatic carbocycles. The summed E-state index contributed by atoms with van der Waals surface area (Å²) in [5.74, 6) is 0.126. The summed E-state index contributed by atoms with van der Waals surface area (Å²) in [6, 6.07) is 5.97. The van der Waals surface area contributed by atoms with E-state index in [9.17, 15) is 4.79 Å². The summed E-state index contributed by atoms with van der Waals surface area (Å²) >= 11 is 12.1. The predicted molar refractivity (Wildman–Crippen MR) is 93.3 cm³/mol. The molecule has 1 aromatic rings. The minimum absolute atomic E-state index is 0. The molecule has 6 heteroatoms. The third-order valence-corrected chi connectivity index (χ3v) is 5.52. The Morgan fingerprint density at radius 1 is 1.27 bits per heavy atom. The van der Waals surface area contributed by atoms with Crippen LogP contribution in [0.3, 0.4) is 0 Å². The molecule has 2 aliphatic rings. The molecular weight excluding hydrogens is 343 g/mol. The summed E-state index contributed by atoms with van der Waals surface area (Å²) < 4.78 is 0. The summed E-state index contributed by atoms with van der Waals surface area (Å²) in [4.78, 5) is 12.7. The van der Waals surface area contributed by atoms with Crippen LogP contribution >= 0.6 is 35.6 Å². The van der Waals surface area contributed by atoms with Gasteiger partial charge >= 0.3 is 0 Å². The Morgan fingerprint density at radius 3 is 2.59 bits per heavy atom. The Bertz CT molecular complexity index is 540. The summed E-state index contributed by atoms with van der Waals surface area (Å²) in [5, 5.41) is 7.58. The van der Waals surface area contributed by atoms with Gasteiger partial charge in [0.15, 0.2) is 0 Å². The van der Waals surface area contributed by atoms with Crippen LogP contribution in [-0.2, 0) is 10.2 Å². The number of carbonyl (C=O) groups is 1. The van der Waals surface area contributed by atoms with E-state index in [1.165, 1.54) is 6.42 Å². The van der Waals surface area contributed by atoms with E-state index in [4.69, 9.17) is 23.2 Å². The van der Waals surface area contributed by atoms with Crippen molar-refractivity contribution in [2.75, 3.05) is 13.1 Å². The monoisotopic (exact) mass is 362 g/mol. The smallest absolute Gasteiger partial charge is 0.230 e. The maximum Gasteiger partial charge on any atom is 0.230 e. The lowest BCUT2D eigenvalue weighted by atomic mass is 9.64. The highest BCUT2D eigenvalue weighted by atomic mass is 35.5. The fourth-order valence-corrected chi connectivity index (χ4v) is 3.59. The second kappa shape index (κ2) is 7.39. The van der Waals surface area contributed by atoms with Crippen molar-refractivity contribution < 1.29 is 4.79 Å². The van der Waals surface area contributed by atoms with Gasteiger partial charge < -0.3 is 10.6 Å². The number of halogens is 3. The number of hydrogen-bond acceptors (Lipinski definition) is 2. The molecule has 3 rings (SSSR count). The van der Waals surface area contributed by atoms with Crippen molar-refractivity contribution in [3.63, 3.8) is 0 Å². The zero-order valence-electron chi connectivity index (χ0n) is 12.3. The topological polar surface area (TPSA) is 41.1 Å². The van der Waals surface area contributed by atoms with E-state index in [1.54, 1.807) is 6.07 Å². The number of carbonyl (C=O) groups excluding carboxylic acids is 1. The molecular formula is C16H21Cl3N2O. The van der Waals surface area contributed by atoms with E-state index in [0.29, 0.717) is 22.6 Å². The lowest BCUT2D eigenvalue weighted by molar-refractivity contribution is -0.130. The van der Waals surface area contributed by atoms with Crippen LogP contribution in [0.25, 0.3) is 0 Å². The minimum Gasteiger partial charge on any atom is -0.354 e. The number of amides is 1. The molecule has 2 N–H and O–H groups in total. The first kappa shape index (κ1) is 17.9. The molecule has 1 saturated carbocycles. The predicted octanol–water partition coefficient (Wildman–Crippen LogP) is 3.71. The second-order valence-corrected chi connectivity index (χ2v) is 6.88. The second-order valence-electron chi connectivity index (χ2n) is 6.07. The number of hydrogen-bond donors (Lipinski definition) is 2. The van der Waals surface area contributed by atoms with E-state index >= 15 is 0 Å². The van der Waals surface area contributed by atoms with E-state index in [2.05, 4.69) is 10.6 Å². The molecule has 1 heterocycles. The molecule has 1 amide bonds. The maximum absolute atomic E-state index is 12.7. The zero-order valence-corrected chi connectivity index (χ0v) is 14.7. The van der Waals surface area contributed by atoms with Gasteiger partial charge in [-0.15, -0.1) is 12.4 Å². The minimum atomic E-state index is -0.410. The van der Waals surface area contributed by atoms with Crippen molar-refractivity contribution in [3.8, 4) is 0 Å². The summed E-state index contributed by atoms with van der Waals surface area (Å²) in [6.45, 7) is 1.76. The lowest BCUT2D eigenvalue weighted by Crippen LogP contribution is -2.51. The van der Waals surface area contributed by atoms with Crippen molar-refractivity contribution in [1.82, 2.24) is 10.6 Å². The molecule has 0 spiro atoms. The Morgan fingerprint density at radius 2 is 2.05 bits per heavy atom. The molecule has 0 aromatic heterocycles. The van der Waals surface area contributed by atoms with Gasteiger partial charge in [0.25, 0.3) is 0 Å². The fraction of sp³-hybridized carbons (Fsp3) is 0.562. The molecule has 1 aliphatic carbocycles. The molecule has 0 bridgehead atoms. The van der Waals surface area contributed by atoms with Crippen molar-refractivity contribution in [3.05, 3.63) is 33.8 Å². The lowest BCUT2D eigenvalue weighted by Gasteiger charge is -2.41. The zero-order chi connectivity index (χ0) is 14.9. The Hall–Kier alpha value is -0.480. The Labute approximate surface area is 147 Å². The number of nitrogens with one attached hydrogen (secondary N) is 2.